The summed E-state index contributed by atoms with van der Waals surface area (Å²) < 4.78 is 0. The first-order chi connectivity index (χ1) is 5.27. The van der Waals surface area contributed by atoms with Crippen LogP contribution >= 0.6 is 0 Å². The maximum absolute atomic E-state index is 10.8. The van der Waals surface area contributed by atoms with E-state index >= 15 is 0 Å². The van der Waals surface area contributed by atoms with Crippen molar-refractivity contribution < 1.29 is 4.79 Å². The minimum absolute atomic E-state index is 0.0150. The second kappa shape index (κ2) is 1.78. The molecule has 0 radical (unpaired) electrons. The number of hydrogen-bond donors (Lipinski definition) is 1. The van der Waals surface area contributed by atoms with Gasteiger partial charge in [0.2, 0.25) is 5.49 Å². The minimum atomic E-state index is -0.717. The molecule has 0 aliphatic carbocycles. The highest BCUT2D eigenvalue weighted by molar-refractivity contribution is 5.76. The highest BCUT2D eigenvalue weighted by Crippen LogP contribution is 1.77. The Bertz CT molecular complexity index is 486. The van der Waals surface area contributed by atoms with Crippen LogP contribution < -0.4 is 16.4 Å². The lowest BCUT2D eigenvalue weighted by Gasteiger charge is -1.75. The average molecular weight is 151 g/mol. The van der Waals surface area contributed by atoms with E-state index in [0.29, 0.717) is 0 Å². The van der Waals surface area contributed by atoms with Crippen LogP contribution in [0.25, 0.3) is 0 Å². The van der Waals surface area contributed by atoms with Crippen LogP contribution in [0.2, 0.25) is 0 Å². The van der Waals surface area contributed by atoms with Crippen molar-refractivity contribution in [3.05, 3.63) is 21.2 Å². The molecule has 7 nitrogen and oxygen atoms in total. The lowest BCUT2D eigenvalue weighted by Crippen LogP contribution is -2.42. The van der Waals surface area contributed by atoms with Gasteiger partial charge in [0.05, 0.1) is 0 Å². The van der Waals surface area contributed by atoms with E-state index in [2.05, 4.69) is 20.3 Å². The van der Waals surface area contributed by atoms with Gasteiger partial charge >= 0.3 is 6.03 Å². The number of fused-ring (bicyclic) bond motifs is 1. The molecule has 0 aromatic carbocycles. The summed E-state index contributed by atoms with van der Waals surface area (Å²) in [4.78, 5) is 27.9. The molecule has 7 heteroatoms. The van der Waals surface area contributed by atoms with Gasteiger partial charge in [0.1, 0.15) is 0 Å². The van der Waals surface area contributed by atoms with E-state index in [9.17, 15) is 9.59 Å². The van der Waals surface area contributed by atoms with Crippen molar-refractivity contribution in [2.24, 2.45) is 9.98 Å². The lowest BCUT2D eigenvalue weighted by molar-refractivity contribution is 0.256. The van der Waals surface area contributed by atoms with Gasteiger partial charge in [-0.2, -0.15) is 9.98 Å². The molecule has 1 aliphatic heterocycles. The third-order valence-electron chi connectivity index (χ3n) is 1.13. The van der Waals surface area contributed by atoms with E-state index in [-0.39, 0.29) is 10.8 Å². The smallest absolute Gasteiger partial charge is 0.265 e. The van der Waals surface area contributed by atoms with Crippen LogP contribution in [-0.2, 0) is 0 Å². The number of aromatic nitrogens is 3. The maximum atomic E-state index is 10.8. The number of hydrogen-bond acceptors (Lipinski definition) is 4. The average Bonchev–Trinajstić information content (AvgIpc) is 2.31. The number of amides is 2. The van der Waals surface area contributed by atoms with E-state index in [0.717, 1.165) is 0 Å². The molecule has 0 saturated carbocycles. The SMILES string of the molecule is O=C1N=c2nn[nH]c(=O)c2=N1. The molecule has 1 aromatic rings. The normalized spacial score (nSPS) is 13.6. The van der Waals surface area contributed by atoms with Crippen LogP contribution in [0.5, 0.6) is 0 Å². The summed E-state index contributed by atoms with van der Waals surface area (Å²) in [6.45, 7) is 0. The largest absolute Gasteiger partial charge is 0.370 e. The zero-order chi connectivity index (χ0) is 7.84. The summed E-state index contributed by atoms with van der Waals surface area (Å²) in [6.07, 6.45) is 0. The van der Waals surface area contributed by atoms with Crippen LogP contribution in [0.1, 0.15) is 0 Å². The predicted molar refractivity (Wildman–Crippen MR) is 30.4 cm³/mol. The molecule has 0 spiro atoms. The van der Waals surface area contributed by atoms with Gasteiger partial charge in [-0.15, -0.1) is 5.10 Å². The van der Waals surface area contributed by atoms with Crippen LogP contribution in [0.15, 0.2) is 14.8 Å². The zero-order valence-electron chi connectivity index (χ0n) is 5.11. The fraction of sp³-hybridized carbons (Fsp3) is 0. The number of carbonyl (C=O) groups excluding carboxylic acids is 1. The van der Waals surface area contributed by atoms with Crippen molar-refractivity contribution in [3.63, 3.8) is 0 Å². The number of nitrogens with zero attached hydrogens (tertiary/aromatic N) is 4. The standard InChI is InChI=1S/C4HN5O2/c10-3-1-2(7-9-8-3)6-4(11)5-1/h(H,6,7,8,10,11). The molecule has 11 heavy (non-hydrogen) atoms. The molecule has 2 rings (SSSR count). The molecule has 0 unspecified atom stereocenters. The van der Waals surface area contributed by atoms with Gasteiger partial charge in [-0.1, -0.05) is 5.21 Å². The van der Waals surface area contributed by atoms with Crippen molar-refractivity contribution in [2.75, 3.05) is 0 Å². The summed E-state index contributed by atoms with van der Waals surface area (Å²) in [6, 6.07) is -0.717. The molecule has 0 bridgehead atoms. The summed E-state index contributed by atoms with van der Waals surface area (Å²) in [5.74, 6) is 0. The molecule has 0 fully saturated rings. The molecule has 0 atom stereocenters. The number of urea groups is 1. The van der Waals surface area contributed by atoms with Crippen molar-refractivity contribution in [1.29, 1.82) is 0 Å². The van der Waals surface area contributed by atoms with E-state index in [1.165, 1.54) is 0 Å². The Kier molecular flexibility index (Phi) is 0.945. The summed E-state index contributed by atoms with van der Waals surface area (Å²) >= 11 is 0. The topological polar surface area (TPSA) is 100 Å². The number of aromatic amines is 1. The second-order valence-corrected chi connectivity index (χ2v) is 1.82. The highest BCUT2D eigenvalue weighted by Gasteiger charge is 2.08. The first-order valence-corrected chi connectivity index (χ1v) is 2.70. The zero-order valence-corrected chi connectivity index (χ0v) is 5.11. The first kappa shape index (κ1) is 5.83. The molecule has 54 valence electrons. The van der Waals surface area contributed by atoms with Crippen molar-refractivity contribution in [2.45, 2.75) is 0 Å². The molecule has 0 saturated heterocycles. The summed E-state index contributed by atoms with van der Waals surface area (Å²) in [7, 11) is 0. The Balaban J connectivity index is 3.10. The Hall–Kier alpha value is -1.92. The van der Waals surface area contributed by atoms with E-state index in [1.54, 1.807) is 0 Å². The van der Waals surface area contributed by atoms with Crippen LogP contribution in [0.3, 0.4) is 0 Å². The van der Waals surface area contributed by atoms with Crippen LogP contribution in [0.4, 0.5) is 4.79 Å². The predicted octanol–water partition coefficient (Wildman–Crippen LogP) is -2.46. The quantitative estimate of drug-likeness (QED) is 0.444. The number of nitrogens with one attached hydrogen (secondary N) is 1. The third kappa shape index (κ3) is 0.741. The van der Waals surface area contributed by atoms with Crippen LogP contribution in [-0.4, -0.2) is 21.4 Å². The Labute approximate surface area is 58.5 Å². The van der Waals surface area contributed by atoms with Crippen molar-refractivity contribution in [1.82, 2.24) is 15.4 Å². The van der Waals surface area contributed by atoms with Gasteiger partial charge < -0.3 is 0 Å². The van der Waals surface area contributed by atoms with Gasteiger partial charge in [-0.3, -0.25) is 4.79 Å². The van der Waals surface area contributed by atoms with Crippen molar-refractivity contribution >= 4 is 6.03 Å². The summed E-state index contributed by atoms with van der Waals surface area (Å²) in [5.41, 5.74) is -0.566. The molecule has 2 heterocycles. The Morgan fingerprint density at radius 1 is 1.18 bits per heavy atom. The molecule has 1 aromatic heterocycles. The lowest BCUT2D eigenvalue weighted by atomic mass is 10.6. The van der Waals surface area contributed by atoms with E-state index in [4.69, 9.17) is 0 Å². The molecule has 1 aliphatic rings. The molecular formula is C4HN5O2. The fourth-order valence-corrected chi connectivity index (χ4v) is 0.707. The summed E-state index contributed by atoms with van der Waals surface area (Å²) in [5, 5.41) is 8.55. The van der Waals surface area contributed by atoms with Crippen LogP contribution in [0, 0.1) is 0 Å². The third-order valence-corrected chi connectivity index (χ3v) is 1.13. The first-order valence-electron chi connectivity index (χ1n) is 2.70. The molecular weight excluding hydrogens is 150 g/mol. The van der Waals surface area contributed by atoms with Gasteiger partial charge in [-0.05, 0) is 0 Å². The highest BCUT2D eigenvalue weighted by atomic mass is 16.2. The monoisotopic (exact) mass is 151 g/mol. The maximum Gasteiger partial charge on any atom is 0.370 e. The second-order valence-electron chi connectivity index (χ2n) is 1.82. The van der Waals surface area contributed by atoms with E-state index < -0.39 is 11.6 Å². The number of carbonyl (C=O) groups is 1. The molecule has 2 amide bonds. The van der Waals surface area contributed by atoms with Crippen molar-refractivity contribution in [3.8, 4) is 0 Å². The minimum Gasteiger partial charge on any atom is -0.265 e. The van der Waals surface area contributed by atoms with Gasteiger partial charge in [0.25, 0.3) is 5.56 Å². The Morgan fingerprint density at radius 2 is 2.00 bits per heavy atom. The molecule has 1 N–H and O–H groups in total. The van der Waals surface area contributed by atoms with Gasteiger partial charge in [-0.25, -0.2) is 9.89 Å². The number of H-pyrrole nitrogens is 1. The van der Waals surface area contributed by atoms with E-state index in [1.807, 2.05) is 5.10 Å². The van der Waals surface area contributed by atoms with Gasteiger partial charge in [0.15, 0.2) is 5.36 Å². The fourth-order valence-electron chi connectivity index (χ4n) is 0.707. The Morgan fingerprint density at radius 3 is 2.73 bits per heavy atom. The van der Waals surface area contributed by atoms with Gasteiger partial charge in [0, 0.05) is 0 Å². The number of rotatable bonds is 0.